The van der Waals surface area contributed by atoms with Gasteiger partial charge in [-0.3, -0.25) is 0 Å². The van der Waals surface area contributed by atoms with Gasteiger partial charge in [0.2, 0.25) is 0 Å². The Hall–Kier alpha value is -1.75. The van der Waals surface area contributed by atoms with E-state index in [9.17, 15) is 8.78 Å². The van der Waals surface area contributed by atoms with Gasteiger partial charge in [0.25, 0.3) is 0 Å². The van der Waals surface area contributed by atoms with E-state index >= 15 is 0 Å². The first-order chi connectivity index (χ1) is 8.63. The van der Waals surface area contributed by atoms with Crippen molar-refractivity contribution in [1.82, 2.24) is 9.55 Å². The molecule has 1 heterocycles. The number of imidazole rings is 1. The zero-order valence-corrected chi connectivity index (χ0v) is 10.1. The number of benzene rings is 1. The largest absolute Gasteiger partial charge is 0.334 e. The molecule has 2 N–H and O–H groups in total. The number of hydrogen-bond donors (Lipinski definition) is 1. The minimum atomic E-state index is -0.569. The van der Waals surface area contributed by atoms with Crippen LogP contribution in [0.25, 0.3) is 0 Å². The zero-order chi connectivity index (χ0) is 13.1. The average molecular weight is 251 g/mol. The van der Waals surface area contributed by atoms with E-state index in [0.717, 1.165) is 6.54 Å². The summed E-state index contributed by atoms with van der Waals surface area (Å²) in [5.41, 5.74) is 5.98. The van der Waals surface area contributed by atoms with Crippen LogP contribution in [0.15, 0.2) is 30.6 Å². The highest BCUT2D eigenvalue weighted by Gasteiger charge is 2.17. The van der Waals surface area contributed by atoms with Crippen molar-refractivity contribution in [2.24, 2.45) is 5.73 Å². The monoisotopic (exact) mass is 251 g/mol. The summed E-state index contributed by atoms with van der Waals surface area (Å²) in [7, 11) is 0. The molecule has 1 aromatic heterocycles. The molecule has 0 radical (unpaired) electrons. The smallest absolute Gasteiger partial charge is 0.129 e. The second-order valence-corrected chi connectivity index (χ2v) is 4.08. The lowest BCUT2D eigenvalue weighted by Crippen LogP contribution is -2.19. The van der Waals surface area contributed by atoms with E-state index in [2.05, 4.69) is 4.98 Å². The molecule has 0 saturated carbocycles. The van der Waals surface area contributed by atoms with E-state index in [0.29, 0.717) is 5.82 Å². The predicted octanol–water partition coefficient (Wildman–Crippen LogP) is 2.42. The van der Waals surface area contributed by atoms with Crippen molar-refractivity contribution in [2.45, 2.75) is 25.9 Å². The summed E-state index contributed by atoms with van der Waals surface area (Å²) < 4.78 is 28.9. The summed E-state index contributed by atoms with van der Waals surface area (Å²) in [6.07, 6.45) is 3.53. The highest BCUT2D eigenvalue weighted by Crippen LogP contribution is 2.19. The summed E-state index contributed by atoms with van der Waals surface area (Å²) >= 11 is 0. The number of aromatic nitrogens is 2. The third-order valence-corrected chi connectivity index (χ3v) is 2.91. The van der Waals surface area contributed by atoms with E-state index in [4.69, 9.17) is 5.73 Å². The van der Waals surface area contributed by atoms with Gasteiger partial charge in [-0.25, -0.2) is 13.8 Å². The molecule has 2 rings (SSSR count). The van der Waals surface area contributed by atoms with Gasteiger partial charge in [-0.05, 0) is 19.1 Å². The maximum absolute atomic E-state index is 13.5. The molecule has 0 saturated heterocycles. The number of aryl methyl sites for hydroxylation is 1. The summed E-state index contributed by atoms with van der Waals surface area (Å²) in [6, 6.07) is 3.29. The molecule has 0 aliphatic carbocycles. The second-order valence-electron chi connectivity index (χ2n) is 4.08. The average Bonchev–Trinajstić information content (AvgIpc) is 2.82. The zero-order valence-electron chi connectivity index (χ0n) is 10.1. The Bertz CT molecular complexity index is 517. The van der Waals surface area contributed by atoms with E-state index < -0.39 is 17.7 Å². The Balaban J connectivity index is 2.24. The Kier molecular flexibility index (Phi) is 3.72. The van der Waals surface area contributed by atoms with Crippen LogP contribution < -0.4 is 5.73 Å². The van der Waals surface area contributed by atoms with Crippen molar-refractivity contribution in [3.05, 3.63) is 53.6 Å². The molecule has 1 unspecified atom stereocenters. The van der Waals surface area contributed by atoms with Crippen LogP contribution >= 0.6 is 0 Å². The number of nitrogens with two attached hydrogens (primary N) is 1. The van der Waals surface area contributed by atoms with E-state index in [1.54, 1.807) is 12.4 Å². The molecule has 0 aliphatic heterocycles. The molecule has 0 spiro atoms. The highest BCUT2D eigenvalue weighted by molar-refractivity contribution is 5.21. The Labute approximate surface area is 104 Å². The topological polar surface area (TPSA) is 43.8 Å². The maximum Gasteiger partial charge on any atom is 0.129 e. The molecule has 0 amide bonds. The standard InChI is InChI=1S/C13H15F2N3/c1-2-18-7-6-17-13(18)12(16)8-9-10(14)4-3-5-11(9)15/h3-7,12H,2,8,16H2,1H3. The molecule has 3 nitrogen and oxygen atoms in total. The van der Waals surface area contributed by atoms with Gasteiger partial charge in [0.15, 0.2) is 0 Å². The van der Waals surface area contributed by atoms with Crippen LogP contribution in [-0.2, 0) is 13.0 Å². The van der Waals surface area contributed by atoms with Crippen molar-refractivity contribution < 1.29 is 8.78 Å². The first-order valence-electron chi connectivity index (χ1n) is 5.83. The second kappa shape index (κ2) is 5.27. The quantitative estimate of drug-likeness (QED) is 0.907. The molecular weight excluding hydrogens is 236 g/mol. The van der Waals surface area contributed by atoms with E-state index in [1.165, 1.54) is 18.2 Å². The first-order valence-corrected chi connectivity index (χ1v) is 5.83. The fourth-order valence-corrected chi connectivity index (χ4v) is 1.96. The fraction of sp³-hybridized carbons (Fsp3) is 0.308. The lowest BCUT2D eigenvalue weighted by atomic mass is 10.0. The van der Waals surface area contributed by atoms with Gasteiger partial charge in [-0.2, -0.15) is 0 Å². The lowest BCUT2D eigenvalue weighted by Gasteiger charge is -2.14. The van der Waals surface area contributed by atoms with Crippen molar-refractivity contribution in [1.29, 1.82) is 0 Å². The number of rotatable bonds is 4. The van der Waals surface area contributed by atoms with Crippen LogP contribution in [0.1, 0.15) is 24.4 Å². The molecule has 0 aliphatic rings. The first kappa shape index (κ1) is 12.7. The van der Waals surface area contributed by atoms with Crippen LogP contribution in [0.5, 0.6) is 0 Å². The highest BCUT2D eigenvalue weighted by atomic mass is 19.1. The summed E-state index contributed by atoms with van der Waals surface area (Å²) in [5, 5.41) is 0. The summed E-state index contributed by atoms with van der Waals surface area (Å²) in [4.78, 5) is 4.14. The van der Waals surface area contributed by atoms with Crippen LogP contribution in [0, 0.1) is 11.6 Å². The number of hydrogen-bond acceptors (Lipinski definition) is 2. The Morgan fingerprint density at radius 2 is 2.00 bits per heavy atom. The van der Waals surface area contributed by atoms with Gasteiger partial charge >= 0.3 is 0 Å². The third kappa shape index (κ3) is 2.41. The molecule has 18 heavy (non-hydrogen) atoms. The summed E-state index contributed by atoms with van der Waals surface area (Å²) in [6.45, 7) is 2.68. The fourth-order valence-electron chi connectivity index (χ4n) is 1.96. The number of nitrogens with zero attached hydrogens (tertiary/aromatic N) is 2. The van der Waals surface area contributed by atoms with E-state index in [1.807, 2.05) is 11.5 Å². The lowest BCUT2D eigenvalue weighted by molar-refractivity contribution is 0.525. The SMILES string of the molecule is CCn1ccnc1C(N)Cc1c(F)cccc1F. The number of halogens is 2. The van der Waals surface area contributed by atoms with Gasteiger partial charge < -0.3 is 10.3 Å². The maximum atomic E-state index is 13.5. The van der Waals surface area contributed by atoms with Crippen LogP contribution in [0.4, 0.5) is 8.78 Å². The molecule has 96 valence electrons. The van der Waals surface area contributed by atoms with Gasteiger partial charge in [0.1, 0.15) is 17.5 Å². The van der Waals surface area contributed by atoms with Crippen LogP contribution in [0.2, 0.25) is 0 Å². The van der Waals surface area contributed by atoms with Gasteiger partial charge in [-0.15, -0.1) is 0 Å². The molecule has 5 heteroatoms. The Morgan fingerprint density at radius 1 is 1.33 bits per heavy atom. The van der Waals surface area contributed by atoms with Crippen molar-refractivity contribution in [3.63, 3.8) is 0 Å². The van der Waals surface area contributed by atoms with Crippen molar-refractivity contribution in [3.8, 4) is 0 Å². The predicted molar refractivity (Wildman–Crippen MR) is 64.9 cm³/mol. The molecule has 0 fully saturated rings. The van der Waals surface area contributed by atoms with Gasteiger partial charge in [-0.1, -0.05) is 6.07 Å². The van der Waals surface area contributed by atoms with Crippen LogP contribution in [-0.4, -0.2) is 9.55 Å². The molecule has 1 atom stereocenters. The summed E-state index contributed by atoms with van der Waals surface area (Å²) in [5.74, 6) is -0.500. The van der Waals surface area contributed by atoms with Crippen molar-refractivity contribution in [2.75, 3.05) is 0 Å². The normalized spacial score (nSPS) is 12.7. The van der Waals surface area contributed by atoms with Gasteiger partial charge in [0, 0.05) is 30.9 Å². The van der Waals surface area contributed by atoms with Gasteiger partial charge in [0.05, 0.1) is 6.04 Å². The minimum absolute atomic E-state index is 0.00986. The van der Waals surface area contributed by atoms with Crippen LogP contribution in [0.3, 0.4) is 0 Å². The van der Waals surface area contributed by atoms with Crippen molar-refractivity contribution >= 4 is 0 Å². The molecule has 1 aromatic carbocycles. The molecule has 0 bridgehead atoms. The molecular formula is C13H15F2N3. The minimum Gasteiger partial charge on any atom is -0.334 e. The Morgan fingerprint density at radius 3 is 2.61 bits per heavy atom. The molecule has 2 aromatic rings. The van der Waals surface area contributed by atoms with E-state index in [-0.39, 0.29) is 12.0 Å². The third-order valence-electron chi connectivity index (χ3n) is 2.91.